The predicted molar refractivity (Wildman–Crippen MR) is 156 cm³/mol. The number of hydrogen-bond acceptors (Lipinski definition) is 9. The smallest absolute Gasteiger partial charge is 0.416 e. The standard InChI is InChI=1S/C30H33F5N4O6S/c1-3-29(31,32)44-18-22-13-24(45-23-9-7-21(8-10-23)30(33,34)35)16-39(22)28-36-14-20(15-37-28)27(41)38-26(17-40)19-5-11-25(12-6-19)46(42,43)4-2/h5-12,14-15,22,24,26,40H,3-4,13,16-18H2,1-2H3,(H,38,41)/t22-,24+,26?/m0/s1. The molecule has 3 atom stereocenters. The molecule has 0 saturated carbocycles. The number of aliphatic hydroxyl groups excluding tert-OH is 1. The van der Waals surface area contributed by atoms with Crippen LogP contribution in [0.3, 0.4) is 0 Å². The number of carbonyl (C=O) groups is 1. The zero-order valence-electron chi connectivity index (χ0n) is 24.9. The number of ether oxygens (including phenoxy) is 2. The molecule has 1 aliphatic heterocycles. The summed E-state index contributed by atoms with van der Waals surface area (Å²) in [5.41, 5.74) is -0.357. The molecule has 0 aliphatic carbocycles. The highest BCUT2D eigenvalue weighted by Gasteiger charge is 2.38. The van der Waals surface area contributed by atoms with Crippen molar-refractivity contribution < 1.29 is 49.7 Å². The second-order valence-corrected chi connectivity index (χ2v) is 12.8. The average molecular weight is 673 g/mol. The van der Waals surface area contributed by atoms with Crippen LogP contribution < -0.4 is 15.0 Å². The summed E-state index contributed by atoms with van der Waals surface area (Å²) >= 11 is 0. The molecular weight excluding hydrogens is 639 g/mol. The fourth-order valence-corrected chi connectivity index (χ4v) is 5.62. The number of aromatic nitrogens is 2. The molecule has 2 N–H and O–H groups in total. The Hall–Kier alpha value is -3.89. The molecule has 0 radical (unpaired) electrons. The first kappa shape index (κ1) is 35.0. The maximum atomic E-state index is 13.9. The van der Waals surface area contributed by atoms with E-state index in [1.165, 1.54) is 62.6 Å². The van der Waals surface area contributed by atoms with Gasteiger partial charge in [0.15, 0.2) is 9.84 Å². The Labute approximate surface area is 262 Å². The number of hydrogen-bond donors (Lipinski definition) is 2. The Morgan fingerprint density at radius 3 is 2.22 bits per heavy atom. The maximum absolute atomic E-state index is 13.9. The fourth-order valence-electron chi connectivity index (χ4n) is 4.73. The Bertz CT molecular complexity index is 1570. The van der Waals surface area contributed by atoms with Crippen LogP contribution in [-0.2, 0) is 20.8 Å². The number of amides is 1. The first-order valence-electron chi connectivity index (χ1n) is 14.3. The van der Waals surface area contributed by atoms with E-state index < -0.39 is 71.4 Å². The summed E-state index contributed by atoms with van der Waals surface area (Å²) in [6.07, 6.45) is -6.48. The molecule has 2 heterocycles. The molecule has 0 spiro atoms. The van der Waals surface area contributed by atoms with E-state index in [4.69, 9.17) is 9.47 Å². The molecule has 46 heavy (non-hydrogen) atoms. The Morgan fingerprint density at radius 2 is 1.67 bits per heavy atom. The highest BCUT2D eigenvalue weighted by Crippen LogP contribution is 2.32. The van der Waals surface area contributed by atoms with E-state index in [0.717, 1.165) is 12.1 Å². The van der Waals surface area contributed by atoms with Gasteiger partial charge in [-0.1, -0.05) is 26.0 Å². The summed E-state index contributed by atoms with van der Waals surface area (Å²) in [6, 6.07) is 8.32. The van der Waals surface area contributed by atoms with Crippen LogP contribution in [0.4, 0.5) is 27.9 Å². The molecule has 1 aromatic heterocycles. The van der Waals surface area contributed by atoms with Gasteiger partial charge in [0.2, 0.25) is 5.95 Å². The largest absolute Gasteiger partial charge is 0.489 e. The normalized spacial score (nSPS) is 18.0. The van der Waals surface area contributed by atoms with Gasteiger partial charge in [0.25, 0.3) is 5.91 Å². The van der Waals surface area contributed by atoms with Crippen LogP contribution in [0.1, 0.15) is 54.2 Å². The van der Waals surface area contributed by atoms with Crippen molar-refractivity contribution in [3.8, 4) is 5.75 Å². The van der Waals surface area contributed by atoms with Crippen LogP contribution in [-0.4, -0.2) is 73.2 Å². The summed E-state index contributed by atoms with van der Waals surface area (Å²) in [4.78, 5) is 23.1. The highest BCUT2D eigenvalue weighted by atomic mass is 32.2. The number of sulfone groups is 1. The Morgan fingerprint density at radius 1 is 1.04 bits per heavy atom. The van der Waals surface area contributed by atoms with Crippen molar-refractivity contribution in [1.82, 2.24) is 15.3 Å². The first-order chi connectivity index (χ1) is 21.7. The molecule has 1 fully saturated rings. The first-order valence-corrected chi connectivity index (χ1v) is 16.0. The van der Waals surface area contributed by atoms with E-state index in [9.17, 15) is 40.3 Å². The number of aliphatic hydroxyl groups is 1. The number of rotatable bonds is 13. The molecule has 2 aromatic carbocycles. The van der Waals surface area contributed by atoms with Gasteiger partial charge in [0.05, 0.1) is 53.6 Å². The van der Waals surface area contributed by atoms with Crippen LogP contribution in [0.15, 0.2) is 65.8 Å². The van der Waals surface area contributed by atoms with Gasteiger partial charge < -0.3 is 24.8 Å². The lowest BCUT2D eigenvalue weighted by Gasteiger charge is -2.26. The lowest BCUT2D eigenvalue weighted by Crippen LogP contribution is -2.37. The second kappa shape index (κ2) is 14.3. The molecule has 1 aliphatic rings. The SMILES string of the molecule is CCC(F)(F)OC[C@@H]1C[C@@H](Oc2ccc(C(F)(F)F)cc2)CN1c1ncc(C(=O)NC(CO)c2ccc(S(=O)(=O)CC)cc2)cn1. The maximum Gasteiger partial charge on any atom is 0.416 e. The third kappa shape index (κ3) is 8.67. The van der Waals surface area contributed by atoms with Crippen LogP contribution in [0.5, 0.6) is 5.75 Å². The summed E-state index contributed by atoms with van der Waals surface area (Å²) < 4.78 is 101. The zero-order chi connectivity index (χ0) is 33.7. The molecule has 1 amide bonds. The molecule has 250 valence electrons. The molecule has 10 nitrogen and oxygen atoms in total. The molecular formula is C30H33F5N4O6S. The summed E-state index contributed by atoms with van der Waals surface area (Å²) in [6.45, 7) is 1.97. The number of benzene rings is 2. The van der Waals surface area contributed by atoms with E-state index in [1.54, 1.807) is 4.90 Å². The van der Waals surface area contributed by atoms with Crippen molar-refractivity contribution in [2.75, 3.05) is 30.4 Å². The van der Waals surface area contributed by atoms with Crippen LogP contribution in [0.25, 0.3) is 0 Å². The minimum Gasteiger partial charge on any atom is -0.489 e. The average Bonchev–Trinajstić information content (AvgIpc) is 3.45. The van der Waals surface area contributed by atoms with Crippen molar-refractivity contribution >= 4 is 21.7 Å². The minimum absolute atomic E-state index is 0.0226. The lowest BCUT2D eigenvalue weighted by molar-refractivity contribution is -0.241. The van der Waals surface area contributed by atoms with Gasteiger partial charge in [-0.3, -0.25) is 4.79 Å². The topological polar surface area (TPSA) is 131 Å². The van der Waals surface area contributed by atoms with E-state index in [1.807, 2.05) is 0 Å². The van der Waals surface area contributed by atoms with Gasteiger partial charge in [-0.05, 0) is 42.0 Å². The van der Waals surface area contributed by atoms with Crippen molar-refractivity contribution in [2.24, 2.45) is 0 Å². The third-order valence-corrected chi connectivity index (χ3v) is 9.18. The van der Waals surface area contributed by atoms with Gasteiger partial charge in [0.1, 0.15) is 11.9 Å². The highest BCUT2D eigenvalue weighted by molar-refractivity contribution is 7.91. The third-order valence-electron chi connectivity index (χ3n) is 7.43. The quantitative estimate of drug-likeness (QED) is 0.246. The molecule has 3 aromatic rings. The number of anilines is 1. The molecule has 1 saturated heterocycles. The molecule has 16 heteroatoms. The number of nitrogens with one attached hydrogen (secondary N) is 1. The van der Waals surface area contributed by atoms with Gasteiger partial charge in [-0.15, -0.1) is 0 Å². The monoisotopic (exact) mass is 672 g/mol. The van der Waals surface area contributed by atoms with Gasteiger partial charge in [0, 0.05) is 25.2 Å². The van der Waals surface area contributed by atoms with Gasteiger partial charge >= 0.3 is 12.3 Å². The van der Waals surface area contributed by atoms with Crippen molar-refractivity contribution in [1.29, 1.82) is 0 Å². The molecule has 4 rings (SSSR count). The van der Waals surface area contributed by atoms with E-state index >= 15 is 0 Å². The van der Waals surface area contributed by atoms with Crippen molar-refractivity contribution in [3.63, 3.8) is 0 Å². The number of alkyl halides is 5. The molecule has 1 unspecified atom stereocenters. The van der Waals surface area contributed by atoms with E-state index in [0.29, 0.717) is 5.56 Å². The number of carbonyl (C=O) groups excluding carboxylic acids is 1. The fraction of sp³-hybridized carbons (Fsp3) is 0.433. The van der Waals surface area contributed by atoms with Crippen LogP contribution in [0.2, 0.25) is 0 Å². The van der Waals surface area contributed by atoms with Crippen LogP contribution >= 0.6 is 0 Å². The number of nitrogens with zero attached hydrogens (tertiary/aromatic N) is 3. The molecule has 0 bridgehead atoms. The van der Waals surface area contributed by atoms with Crippen LogP contribution in [0, 0.1) is 0 Å². The van der Waals surface area contributed by atoms with Gasteiger partial charge in [-0.25, -0.2) is 18.4 Å². The second-order valence-electron chi connectivity index (χ2n) is 10.6. The summed E-state index contributed by atoms with van der Waals surface area (Å²) in [5.74, 6) is -0.476. The summed E-state index contributed by atoms with van der Waals surface area (Å²) in [5, 5.41) is 12.5. The Balaban J connectivity index is 1.46. The minimum atomic E-state index is -4.51. The Kier molecular flexibility index (Phi) is 10.8. The van der Waals surface area contributed by atoms with E-state index in [-0.39, 0.29) is 40.9 Å². The zero-order valence-corrected chi connectivity index (χ0v) is 25.7. The van der Waals surface area contributed by atoms with Crippen molar-refractivity contribution in [3.05, 3.63) is 77.6 Å². The van der Waals surface area contributed by atoms with Crippen molar-refractivity contribution in [2.45, 2.75) is 62.1 Å². The summed E-state index contributed by atoms with van der Waals surface area (Å²) in [7, 11) is -3.43. The lowest BCUT2D eigenvalue weighted by atomic mass is 10.1. The van der Waals surface area contributed by atoms with E-state index in [2.05, 4.69) is 15.3 Å². The number of halogens is 5. The van der Waals surface area contributed by atoms with Gasteiger partial charge in [-0.2, -0.15) is 22.0 Å². The predicted octanol–water partition coefficient (Wildman–Crippen LogP) is 4.80.